The normalized spacial score (nSPS) is 15.0. The first-order valence-corrected chi connectivity index (χ1v) is 3.37. The summed E-state index contributed by atoms with van der Waals surface area (Å²) in [5, 5.41) is 9.26. The Kier molecular flexibility index (Phi) is 3.82. The highest BCUT2D eigenvalue weighted by molar-refractivity contribution is 4.61. The molecule has 56 valence electrons. The molecule has 0 bridgehead atoms. The molecule has 2 nitrogen and oxygen atoms in total. The first kappa shape index (κ1) is 8.92. The minimum atomic E-state index is -0.181. The zero-order valence-electron chi connectivity index (χ0n) is 6.76. The smallest absolute Gasteiger partial charge is 0.0689 e. The van der Waals surface area contributed by atoms with Crippen molar-refractivity contribution in [2.45, 2.75) is 20.0 Å². The number of hydrogen-bond acceptors (Lipinski definition) is 2. The molecule has 0 aromatic rings. The van der Waals surface area contributed by atoms with E-state index in [9.17, 15) is 5.11 Å². The Bertz CT molecular complexity index is 71.3. The predicted octanol–water partition coefficient (Wildman–Crippen LogP) is 0.565. The molecule has 0 saturated carbocycles. The van der Waals surface area contributed by atoms with Crippen LogP contribution in [-0.2, 0) is 0 Å². The average molecular weight is 131 g/mol. The number of aliphatic hydroxyl groups excluding tert-OH is 1. The van der Waals surface area contributed by atoms with Crippen LogP contribution < -0.4 is 0 Å². The van der Waals surface area contributed by atoms with Crippen LogP contribution in [0.1, 0.15) is 13.8 Å². The fourth-order valence-corrected chi connectivity index (χ4v) is 0.585. The van der Waals surface area contributed by atoms with Gasteiger partial charge in [-0.15, -0.1) is 0 Å². The maximum Gasteiger partial charge on any atom is 0.0689 e. The van der Waals surface area contributed by atoms with E-state index in [0.29, 0.717) is 5.92 Å². The SMILES string of the molecule is CC(C)[C@H](O)CN(C)C. The Balaban J connectivity index is 3.38. The summed E-state index contributed by atoms with van der Waals surface area (Å²) in [5.41, 5.74) is 0. The highest BCUT2D eigenvalue weighted by atomic mass is 16.3. The second-order valence-corrected chi connectivity index (χ2v) is 3.07. The first-order valence-electron chi connectivity index (χ1n) is 3.37. The molecule has 2 heteroatoms. The molecule has 0 aliphatic rings. The van der Waals surface area contributed by atoms with Crippen molar-refractivity contribution in [2.24, 2.45) is 5.92 Å². The summed E-state index contributed by atoms with van der Waals surface area (Å²) >= 11 is 0. The van der Waals surface area contributed by atoms with Gasteiger partial charge in [-0.1, -0.05) is 13.8 Å². The molecule has 0 aliphatic carbocycles. The van der Waals surface area contributed by atoms with Gasteiger partial charge in [0.15, 0.2) is 0 Å². The Labute approximate surface area is 57.5 Å². The molecule has 0 heterocycles. The van der Waals surface area contributed by atoms with Crippen LogP contribution in [-0.4, -0.2) is 36.8 Å². The molecule has 0 amide bonds. The van der Waals surface area contributed by atoms with Crippen LogP contribution >= 0.6 is 0 Å². The molecule has 1 N–H and O–H groups in total. The molecule has 0 rings (SSSR count). The van der Waals surface area contributed by atoms with Gasteiger partial charge in [-0.2, -0.15) is 0 Å². The van der Waals surface area contributed by atoms with Gasteiger partial charge < -0.3 is 10.0 Å². The Morgan fingerprint density at radius 2 is 1.78 bits per heavy atom. The lowest BCUT2D eigenvalue weighted by Crippen LogP contribution is -2.29. The van der Waals surface area contributed by atoms with Gasteiger partial charge in [-0.05, 0) is 20.0 Å². The van der Waals surface area contributed by atoms with Crippen molar-refractivity contribution in [3.63, 3.8) is 0 Å². The van der Waals surface area contributed by atoms with Gasteiger partial charge in [-0.3, -0.25) is 0 Å². The molecule has 0 radical (unpaired) electrons. The largest absolute Gasteiger partial charge is 0.392 e. The Morgan fingerprint density at radius 1 is 1.33 bits per heavy atom. The van der Waals surface area contributed by atoms with Crippen molar-refractivity contribution >= 4 is 0 Å². The zero-order chi connectivity index (χ0) is 7.44. The third kappa shape index (κ3) is 4.43. The molecule has 1 atom stereocenters. The summed E-state index contributed by atoms with van der Waals surface area (Å²) in [7, 11) is 3.93. The number of hydrogen-bond donors (Lipinski definition) is 1. The van der Waals surface area contributed by atoms with Crippen molar-refractivity contribution < 1.29 is 5.11 Å². The molecule has 0 aliphatic heterocycles. The van der Waals surface area contributed by atoms with E-state index in [2.05, 4.69) is 0 Å². The minimum Gasteiger partial charge on any atom is -0.392 e. The average Bonchev–Trinajstić information content (AvgIpc) is 1.63. The molecular formula is C7H17NO. The van der Waals surface area contributed by atoms with Crippen molar-refractivity contribution in [3.05, 3.63) is 0 Å². The second kappa shape index (κ2) is 3.85. The topological polar surface area (TPSA) is 23.5 Å². The summed E-state index contributed by atoms with van der Waals surface area (Å²) in [6, 6.07) is 0. The van der Waals surface area contributed by atoms with E-state index in [0.717, 1.165) is 6.54 Å². The third-order valence-electron chi connectivity index (χ3n) is 1.32. The van der Waals surface area contributed by atoms with Gasteiger partial charge in [0.25, 0.3) is 0 Å². The number of nitrogens with zero attached hydrogens (tertiary/aromatic N) is 1. The maximum atomic E-state index is 9.26. The summed E-state index contributed by atoms with van der Waals surface area (Å²) in [6.45, 7) is 4.81. The van der Waals surface area contributed by atoms with Crippen LogP contribution in [0.15, 0.2) is 0 Å². The van der Waals surface area contributed by atoms with Crippen LogP contribution in [0.25, 0.3) is 0 Å². The van der Waals surface area contributed by atoms with Gasteiger partial charge in [0.05, 0.1) is 6.10 Å². The fraction of sp³-hybridized carbons (Fsp3) is 1.00. The van der Waals surface area contributed by atoms with Crippen LogP contribution in [0, 0.1) is 5.92 Å². The van der Waals surface area contributed by atoms with E-state index >= 15 is 0 Å². The first-order chi connectivity index (χ1) is 4.04. The summed E-state index contributed by atoms with van der Waals surface area (Å²) in [6.07, 6.45) is -0.181. The van der Waals surface area contributed by atoms with Crippen molar-refractivity contribution in [3.8, 4) is 0 Å². The number of aliphatic hydroxyl groups is 1. The zero-order valence-corrected chi connectivity index (χ0v) is 6.76. The maximum absolute atomic E-state index is 9.26. The third-order valence-corrected chi connectivity index (χ3v) is 1.32. The highest BCUT2D eigenvalue weighted by Gasteiger charge is 2.08. The van der Waals surface area contributed by atoms with Gasteiger partial charge in [0, 0.05) is 6.54 Å². The second-order valence-electron chi connectivity index (χ2n) is 3.07. The van der Waals surface area contributed by atoms with Crippen molar-refractivity contribution in [2.75, 3.05) is 20.6 Å². The lowest BCUT2D eigenvalue weighted by atomic mass is 10.1. The fourth-order valence-electron chi connectivity index (χ4n) is 0.585. The van der Waals surface area contributed by atoms with E-state index in [4.69, 9.17) is 0 Å². The molecule has 9 heavy (non-hydrogen) atoms. The van der Waals surface area contributed by atoms with E-state index in [-0.39, 0.29) is 6.10 Å². The predicted molar refractivity (Wildman–Crippen MR) is 39.4 cm³/mol. The van der Waals surface area contributed by atoms with Crippen LogP contribution in [0.4, 0.5) is 0 Å². The molecule has 0 saturated heterocycles. The van der Waals surface area contributed by atoms with Crippen LogP contribution in [0.5, 0.6) is 0 Å². The standard InChI is InChI=1S/C7H17NO/c1-6(2)7(9)5-8(3)4/h6-7,9H,5H2,1-4H3/t7-/m1/s1. The summed E-state index contributed by atoms with van der Waals surface area (Å²) in [4.78, 5) is 1.99. The molecule has 0 fully saturated rings. The monoisotopic (exact) mass is 131 g/mol. The Morgan fingerprint density at radius 3 is 1.89 bits per heavy atom. The number of likely N-dealkylation sites (N-methyl/N-ethyl adjacent to an activating group) is 1. The van der Waals surface area contributed by atoms with Gasteiger partial charge in [0.1, 0.15) is 0 Å². The molecule has 0 unspecified atom stereocenters. The van der Waals surface area contributed by atoms with E-state index in [1.54, 1.807) is 0 Å². The van der Waals surface area contributed by atoms with E-state index in [1.807, 2.05) is 32.8 Å². The minimum absolute atomic E-state index is 0.181. The van der Waals surface area contributed by atoms with Gasteiger partial charge in [-0.25, -0.2) is 0 Å². The van der Waals surface area contributed by atoms with E-state index < -0.39 is 0 Å². The van der Waals surface area contributed by atoms with Crippen molar-refractivity contribution in [1.29, 1.82) is 0 Å². The molecule has 0 spiro atoms. The molecule has 0 aromatic carbocycles. The lowest BCUT2D eigenvalue weighted by Gasteiger charge is -2.18. The van der Waals surface area contributed by atoms with Crippen LogP contribution in [0.2, 0.25) is 0 Å². The Hall–Kier alpha value is -0.0800. The van der Waals surface area contributed by atoms with Crippen LogP contribution in [0.3, 0.4) is 0 Å². The van der Waals surface area contributed by atoms with Crippen molar-refractivity contribution in [1.82, 2.24) is 4.90 Å². The van der Waals surface area contributed by atoms with E-state index in [1.165, 1.54) is 0 Å². The highest BCUT2D eigenvalue weighted by Crippen LogP contribution is 2.00. The summed E-state index contributed by atoms with van der Waals surface area (Å²) in [5.74, 6) is 0.368. The lowest BCUT2D eigenvalue weighted by molar-refractivity contribution is 0.0946. The van der Waals surface area contributed by atoms with Gasteiger partial charge in [0.2, 0.25) is 0 Å². The van der Waals surface area contributed by atoms with Gasteiger partial charge >= 0.3 is 0 Å². The summed E-state index contributed by atoms with van der Waals surface area (Å²) < 4.78 is 0. The quantitative estimate of drug-likeness (QED) is 0.605. The number of rotatable bonds is 3. The molecular weight excluding hydrogens is 114 g/mol. The molecule has 0 aromatic heterocycles.